The summed E-state index contributed by atoms with van der Waals surface area (Å²) in [5.41, 5.74) is 7.71. The van der Waals surface area contributed by atoms with E-state index in [9.17, 15) is 0 Å². The van der Waals surface area contributed by atoms with Gasteiger partial charge in [0.05, 0.1) is 5.56 Å². The summed E-state index contributed by atoms with van der Waals surface area (Å²) in [5, 5.41) is 7.32. The maximum atomic E-state index is 6.81. The average Bonchev–Trinajstić information content (AvgIpc) is 3.28. The lowest BCUT2D eigenvalue weighted by Gasteiger charge is -2.11. The maximum Gasteiger partial charge on any atom is 0.216 e. The Balaban J connectivity index is 1.60. The molecular weight excluding hydrogens is 426 g/mol. The Kier molecular flexibility index (Phi) is 4.31. The smallest absolute Gasteiger partial charge is 0.216 e. The van der Waals surface area contributed by atoms with E-state index in [-0.39, 0.29) is 0 Å². The second kappa shape index (κ2) is 7.54. The molecule has 0 amide bonds. The minimum atomic E-state index is 0.938. The number of rotatable bonds is 2. The van der Waals surface area contributed by atoms with Gasteiger partial charge in [0.2, 0.25) is 5.69 Å². The van der Waals surface area contributed by atoms with Gasteiger partial charge in [-0.05, 0) is 51.7 Å². The number of aryl methyl sites for hydroxylation is 2. The predicted molar refractivity (Wildman–Crippen MR) is 146 cm³/mol. The van der Waals surface area contributed by atoms with Crippen molar-refractivity contribution in [3.8, 4) is 22.4 Å². The van der Waals surface area contributed by atoms with Crippen LogP contribution in [0.15, 0.2) is 114 Å². The predicted octanol–water partition coefficient (Wildman–Crippen LogP) is 8.36. The molecule has 0 aliphatic carbocycles. The van der Waals surface area contributed by atoms with Crippen molar-refractivity contribution >= 4 is 43.5 Å². The van der Waals surface area contributed by atoms with E-state index in [2.05, 4.69) is 128 Å². The first kappa shape index (κ1) is 20.0. The normalized spacial score (nSPS) is 11.7. The fraction of sp³-hybridized carbons (Fsp3) is 0.0606. The molecule has 0 bridgehead atoms. The van der Waals surface area contributed by atoms with Crippen LogP contribution in [0.2, 0.25) is 0 Å². The molecule has 0 unspecified atom stereocenters. The van der Waals surface area contributed by atoms with E-state index in [1.807, 2.05) is 0 Å². The van der Waals surface area contributed by atoms with Gasteiger partial charge in [-0.15, -0.1) is 0 Å². The second-order valence-corrected chi connectivity index (χ2v) is 9.31. The van der Waals surface area contributed by atoms with Crippen molar-refractivity contribution in [1.82, 2.24) is 0 Å². The second-order valence-electron chi connectivity index (χ2n) is 9.31. The van der Waals surface area contributed by atoms with Crippen LogP contribution in [0.4, 0.5) is 0 Å². The Morgan fingerprint density at radius 2 is 1.29 bits per heavy atom. The maximum absolute atomic E-state index is 6.81. The van der Waals surface area contributed by atoms with Gasteiger partial charge in [0, 0.05) is 28.5 Å². The lowest BCUT2D eigenvalue weighted by molar-refractivity contribution is -0.660. The van der Waals surface area contributed by atoms with Crippen LogP contribution in [0.3, 0.4) is 0 Å². The fourth-order valence-electron chi connectivity index (χ4n) is 5.55. The lowest BCUT2D eigenvalue weighted by Crippen LogP contribution is -2.30. The highest BCUT2D eigenvalue weighted by molar-refractivity contribution is 6.18. The molecule has 166 valence electrons. The van der Waals surface area contributed by atoms with E-state index in [0.29, 0.717) is 0 Å². The molecule has 2 heteroatoms. The van der Waals surface area contributed by atoms with E-state index in [4.69, 9.17) is 4.42 Å². The third kappa shape index (κ3) is 2.93. The number of nitrogens with zero attached hydrogens (tertiary/aromatic N) is 1. The highest BCUT2D eigenvalue weighted by Gasteiger charge is 2.22. The van der Waals surface area contributed by atoms with Gasteiger partial charge >= 0.3 is 0 Å². The monoisotopic (exact) mass is 450 g/mol. The molecule has 35 heavy (non-hydrogen) atoms. The first-order valence-corrected chi connectivity index (χ1v) is 12.0. The van der Waals surface area contributed by atoms with Crippen LogP contribution in [0.5, 0.6) is 0 Å². The molecule has 0 atom stereocenters. The van der Waals surface area contributed by atoms with Crippen LogP contribution in [0.25, 0.3) is 65.9 Å². The van der Waals surface area contributed by atoms with Gasteiger partial charge in [-0.1, -0.05) is 78.9 Å². The Morgan fingerprint density at radius 3 is 2.14 bits per heavy atom. The largest absolute Gasteiger partial charge is 0.454 e. The van der Waals surface area contributed by atoms with Crippen LogP contribution in [-0.4, -0.2) is 0 Å². The Labute approximate surface area is 203 Å². The first-order valence-electron chi connectivity index (χ1n) is 12.0. The molecule has 2 heterocycles. The van der Waals surface area contributed by atoms with Crippen LogP contribution in [-0.2, 0) is 7.05 Å². The number of hydrogen-bond donors (Lipinski definition) is 0. The molecular formula is C33H24NO+. The van der Waals surface area contributed by atoms with E-state index in [0.717, 1.165) is 38.8 Å². The summed E-state index contributed by atoms with van der Waals surface area (Å²) in [6, 6.07) is 36.8. The molecule has 0 spiro atoms. The zero-order valence-electron chi connectivity index (χ0n) is 19.7. The van der Waals surface area contributed by atoms with Crippen LogP contribution >= 0.6 is 0 Å². The molecule has 2 aromatic heterocycles. The number of para-hydroxylation sites is 1. The SMILES string of the molecule is Cc1ccc2c(oc3c(-c4cc5ccccc5c5ccccc45)cccc32)c1-c1cccc[n+]1C. The topological polar surface area (TPSA) is 17.0 Å². The molecule has 0 fully saturated rings. The summed E-state index contributed by atoms with van der Waals surface area (Å²) in [6.07, 6.45) is 2.09. The molecule has 5 aromatic carbocycles. The van der Waals surface area contributed by atoms with E-state index in [1.165, 1.54) is 32.7 Å². The van der Waals surface area contributed by atoms with E-state index < -0.39 is 0 Å². The molecule has 0 aliphatic rings. The first-order chi connectivity index (χ1) is 17.2. The highest BCUT2D eigenvalue weighted by Crippen LogP contribution is 2.43. The van der Waals surface area contributed by atoms with Gasteiger partial charge in [0.15, 0.2) is 6.20 Å². The van der Waals surface area contributed by atoms with Gasteiger partial charge in [0.25, 0.3) is 0 Å². The number of pyridine rings is 1. The number of furan rings is 1. The van der Waals surface area contributed by atoms with Crippen molar-refractivity contribution in [2.45, 2.75) is 6.92 Å². The van der Waals surface area contributed by atoms with Crippen molar-refractivity contribution in [1.29, 1.82) is 0 Å². The number of aromatic nitrogens is 1. The van der Waals surface area contributed by atoms with Gasteiger partial charge in [0.1, 0.15) is 18.2 Å². The van der Waals surface area contributed by atoms with E-state index >= 15 is 0 Å². The molecule has 7 aromatic rings. The average molecular weight is 451 g/mol. The number of benzene rings is 5. The molecule has 0 aliphatic heterocycles. The molecule has 0 N–H and O–H groups in total. The van der Waals surface area contributed by atoms with Crippen LogP contribution in [0.1, 0.15) is 5.56 Å². The Bertz CT molecular complexity index is 1930. The number of hydrogen-bond acceptors (Lipinski definition) is 1. The summed E-state index contributed by atoms with van der Waals surface area (Å²) in [6.45, 7) is 2.16. The van der Waals surface area contributed by atoms with Crippen molar-refractivity contribution in [2.24, 2.45) is 7.05 Å². The third-order valence-corrected chi connectivity index (χ3v) is 7.24. The number of fused-ring (bicyclic) bond motifs is 6. The molecule has 0 saturated carbocycles. The summed E-state index contributed by atoms with van der Waals surface area (Å²) in [7, 11) is 2.09. The third-order valence-electron chi connectivity index (χ3n) is 7.24. The summed E-state index contributed by atoms with van der Waals surface area (Å²) in [5.74, 6) is 0. The minimum absolute atomic E-state index is 0.938. The van der Waals surface area contributed by atoms with Crippen LogP contribution < -0.4 is 4.57 Å². The minimum Gasteiger partial charge on any atom is -0.454 e. The standard InChI is InChI=1S/C33H24NO/c1-21-17-18-28-26-14-9-15-27(32(26)35-33(28)31(21)30-16-7-8-19-34(30)2)29-20-22-10-3-4-11-23(22)24-12-5-6-13-25(24)29/h3-20H,1-2H3/q+1. The van der Waals surface area contributed by atoms with Gasteiger partial charge in [-0.2, -0.15) is 0 Å². The quantitative estimate of drug-likeness (QED) is 0.191. The van der Waals surface area contributed by atoms with Crippen molar-refractivity contribution in [3.63, 3.8) is 0 Å². The molecule has 0 radical (unpaired) electrons. The summed E-state index contributed by atoms with van der Waals surface area (Å²) in [4.78, 5) is 0. The fourth-order valence-corrected chi connectivity index (χ4v) is 5.55. The molecule has 7 rings (SSSR count). The highest BCUT2D eigenvalue weighted by atomic mass is 16.3. The van der Waals surface area contributed by atoms with E-state index in [1.54, 1.807) is 0 Å². The van der Waals surface area contributed by atoms with Gasteiger partial charge in [-0.3, -0.25) is 0 Å². The zero-order chi connectivity index (χ0) is 23.5. The lowest BCUT2D eigenvalue weighted by atomic mass is 9.92. The Morgan fingerprint density at radius 1 is 0.571 bits per heavy atom. The molecule has 0 saturated heterocycles. The Hall–Kier alpha value is -4.43. The zero-order valence-corrected chi connectivity index (χ0v) is 19.7. The van der Waals surface area contributed by atoms with Crippen molar-refractivity contribution in [3.05, 3.63) is 115 Å². The summed E-state index contributed by atoms with van der Waals surface area (Å²) >= 11 is 0. The van der Waals surface area contributed by atoms with Crippen LogP contribution in [0, 0.1) is 6.92 Å². The molecule has 2 nitrogen and oxygen atoms in total. The van der Waals surface area contributed by atoms with Gasteiger partial charge < -0.3 is 4.42 Å². The van der Waals surface area contributed by atoms with Crippen molar-refractivity contribution in [2.75, 3.05) is 0 Å². The summed E-state index contributed by atoms with van der Waals surface area (Å²) < 4.78 is 8.97. The van der Waals surface area contributed by atoms with Gasteiger partial charge in [-0.25, -0.2) is 4.57 Å². The van der Waals surface area contributed by atoms with Crippen molar-refractivity contribution < 1.29 is 8.98 Å².